The summed E-state index contributed by atoms with van der Waals surface area (Å²) in [5.74, 6) is 2.12. The molecule has 4 rings (SSSR count). The van der Waals surface area contributed by atoms with Crippen LogP contribution in [-0.2, 0) is 4.79 Å². The van der Waals surface area contributed by atoms with Gasteiger partial charge in [0, 0.05) is 6.92 Å². The van der Waals surface area contributed by atoms with E-state index in [4.69, 9.17) is 23.7 Å². The van der Waals surface area contributed by atoms with Crippen molar-refractivity contribution in [2.45, 2.75) is 32.6 Å². The van der Waals surface area contributed by atoms with Crippen molar-refractivity contribution >= 4 is 18.5 Å². The van der Waals surface area contributed by atoms with Gasteiger partial charge in [-0.25, -0.2) is 0 Å². The molecule has 2 aliphatic rings. The van der Waals surface area contributed by atoms with E-state index in [2.05, 4.69) is 0 Å². The molecule has 0 atom stereocenters. The molecular formula is C26H30O9. The largest absolute Gasteiger partial charge is 0.504 e. The zero-order valence-corrected chi connectivity index (χ0v) is 20.1. The van der Waals surface area contributed by atoms with E-state index in [1.807, 2.05) is 0 Å². The summed E-state index contributed by atoms with van der Waals surface area (Å²) in [6, 6.07) is 6.37. The first-order chi connectivity index (χ1) is 16.9. The van der Waals surface area contributed by atoms with Gasteiger partial charge in [0.15, 0.2) is 35.6 Å². The van der Waals surface area contributed by atoms with Crippen LogP contribution >= 0.6 is 0 Å². The highest BCUT2D eigenvalue weighted by Crippen LogP contribution is 2.41. The normalized spacial score (nSPS) is 14.1. The van der Waals surface area contributed by atoms with Crippen LogP contribution in [0.2, 0.25) is 0 Å². The summed E-state index contributed by atoms with van der Waals surface area (Å²) in [6.07, 6.45) is 5.94. The number of esters is 1. The van der Waals surface area contributed by atoms with Crippen LogP contribution in [0.25, 0.3) is 0 Å². The number of phenols is 1. The number of rotatable bonds is 11. The van der Waals surface area contributed by atoms with E-state index in [0.29, 0.717) is 49.1 Å². The SMILES string of the molecule is COc1c(OCC2CC2)ccc(C=O)c1O.COc1c(OCC2CC2)ccc(C=O)c1OC(C)=O. The predicted octanol–water partition coefficient (Wildman–Crippen LogP) is 4.22. The van der Waals surface area contributed by atoms with Crippen LogP contribution in [0.1, 0.15) is 53.3 Å². The Hall–Kier alpha value is -3.75. The van der Waals surface area contributed by atoms with E-state index < -0.39 is 5.97 Å². The summed E-state index contributed by atoms with van der Waals surface area (Å²) >= 11 is 0. The summed E-state index contributed by atoms with van der Waals surface area (Å²) in [7, 11) is 2.88. The Morgan fingerprint density at radius 1 is 0.829 bits per heavy atom. The minimum Gasteiger partial charge on any atom is -0.504 e. The predicted molar refractivity (Wildman–Crippen MR) is 126 cm³/mol. The van der Waals surface area contributed by atoms with E-state index in [1.54, 1.807) is 18.2 Å². The molecule has 1 N–H and O–H groups in total. The minimum absolute atomic E-state index is 0.110. The highest BCUT2D eigenvalue weighted by Gasteiger charge is 2.25. The number of phenolic OH excluding ortho intramolecular Hbond substituents is 1. The second-order valence-corrected chi connectivity index (χ2v) is 8.39. The molecule has 0 amide bonds. The van der Waals surface area contributed by atoms with Crippen LogP contribution < -0.4 is 23.7 Å². The van der Waals surface area contributed by atoms with Gasteiger partial charge in [-0.1, -0.05) is 0 Å². The Morgan fingerprint density at radius 3 is 1.74 bits per heavy atom. The lowest BCUT2D eigenvalue weighted by atomic mass is 10.2. The Labute approximate surface area is 203 Å². The number of carbonyl (C=O) groups excluding carboxylic acids is 3. The highest BCUT2D eigenvalue weighted by molar-refractivity contribution is 5.85. The number of ether oxygens (including phenoxy) is 5. The molecule has 2 aromatic carbocycles. The molecule has 0 bridgehead atoms. The molecule has 2 saturated carbocycles. The van der Waals surface area contributed by atoms with Gasteiger partial charge in [0.1, 0.15) is 0 Å². The third-order valence-corrected chi connectivity index (χ3v) is 5.48. The summed E-state index contributed by atoms with van der Waals surface area (Å²) in [5.41, 5.74) is 0.460. The molecule has 0 heterocycles. The minimum atomic E-state index is -0.513. The van der Waals surface area contributed by atoms with Gasteiger partial charge < -0.3 is 28.8 Å². The van der Waals surface area contributed by atoms with Crippen molar-refractivity contribution in [2.24, 2.45) is 11.8 Å². The molecule has 2 aliphatic carbocycles. The van der Waals surface area contributed by atoms with Crippen molar-refractivity contribution in [3.63, 3.8) is 0 Å². The first-order valence-corrected chi connectivity index (χ1v) is 11.4. The third-order valence-electron chi connectivity index (χ3n) is 5.48. The van der Waals surface area contributed by atoms with Crippen molar-refractivity contribution < 1.29 is 43.2 Å². The highest BCUT2D eigenvalue weighted by atomic mass is 16.6. The van der Waals surface area contributed by atoms with Crippen molar-refractivity contribution in [3.05, 3.63) is 35.4 Å². The summed E-state index contributed by atoms with van der Waals surface area (Å²) < 4.78 is 26.5. The van der Waals surface area contributed by atoms with Crippen molar-refractivity contribution in [2.75, 3.05) is 27.4 Å². The zero-order valence-electron chi connectivity index (χ0n) is 20.1. The molecule has 2 aromatic rings. The van der Waals surface area contributed by atoms with Gasteiger partial charge in [-0.15, -0.1) is 0 Å². The first-order valence-electron chi connectivity index (χ1n) is 11.4. The number of hydrogen-bond acceptors (Lipinski definition) is 9. The van der Waals surface area contributed by atoms with Gasteiger partial charge in [-0.3, -0.25) is 14.4 Å². The maximum atomic E-state index is 11.1. The van der Waals surface area contributed by atoms with Gasteiger partial charge in [0.05, 0.1) is 38.6 Å². The average Bonchev–Trinajstić information content (AvgIpc) is 3.77. The van der Waals surface area contributed by atoms with Crippen LogP contribution in [-0.4, -0.2) is 51.1 Å². The average molecular weight is 487 g/mol. The first kappa shape index (κ1) is 25.9. The zero-order chi connectivity index (χ0) is 25.4. The number of hydrogen-bond donors (Lipinski definition) is 1. The number of aromatic hydroxyl groups is 1. The monoisotopic (exact) mass is 486 g/mol. The van der Waals surface area contributed by atoms with Crippen molar-refractivity contribution in [1.29, 1.82) is 0 Å². The lowest BCUT2D eigenvalue weighted by Crippen LogP contribution is -2.08. The van der Waals surface area contributed by atoms with Gasteiger partial charge in [0.25, 0.3) is 0 Å². The lowest BCUT2D eigenvalue weighted by molar-refractivity contribution is -0.132. The fraction of sp³-hybridized carbons (Fsp3) is 0.423. The quantitative estimate of drug-likeness (QED) is 0.283. The van der Waals surface area contributed by atoms with E-state index >= 15 is 0 Å². The van der Waals surface area contributed by atoms with E-state index in [-0.39, 0.29) is 34.1 Å². The fourth-order valence-electron chi connectivity index (χ4n) is 3.17. The Kier molecular flexibility index (Phi) is 8.94. The fourth-order valence-corrected chi connectivity index (χ4v) is 3.17. The molecule has 0 spiro atoms. The second-order valence-electron chi connectivity index (χ2n) is 8.39. The van der Waals surface area contributed by atoms with E-state index in [1.165, 1.54) is 52.9 Å². The van der Waals surface area contributed by atoms with Crippen LogP contribution in [0.5, 0.6) is 34.5 Å². The molecule has 0 aliphatic heterocycles. The van der Waals surface area contributed by atoms with Gasteiger partial charge >= 0.3 is 5.97 Å². The summed E-state index contributed by atoms with van der Waals surface area (Å²) in [5, 5.41) is 9.71. The van der Waals surface area contributed by atoms with Gasteiger partial charge in [0.2, 0.25) is 11.5 Å². The lowest BCUT2D eigenvalue weighted by Gasteiger charge is -2.15. The molecule has 0 saturated heterocycles. The maximum absolute atomic E-state index is 11.1. The Morgan fingerprint density at radius 2 is 1.31 bits per heavy atom. The summed E-state index contributed by atoms with van der Waals surface area (Å²) in [4.78, 5) is 32.7. The molecule has 0 aromatic heterocycles. The summed E-state index contributed by atoms with van der Waals surface area (Å²) in [6.45, 7) is 2.51. The molecule has 0 unspecified atom stereocenters. The third kappa shape index (κ3) is 7.11. The second kappa shape index (κ2) is 12.1. The molecule has 9 heteroatoms. The Balaban J connectivity index is 0.000000198. The van der Waals surface area contributed by atoms with Crippen LogP contribution in [0.3, 0.4) is 0 Å². The van der Waals surface area contributed by atoms with Crippen LogP contribution in [0, 0.1) is 11.8 Å². The van der Waals surface area contributed by atoms with Gasteiger partial charge in [-0.2, -0.15) is 0 Å². The molecule has 9 nitrogen and oxygen atoms in total. The van der Waals surface area contributed by atoms with Crippen molar-refractivity contribution in [1.82, 2.24) is 0 Å². The number of methoxy groups -OCH3 is 2. The Bertz CT molecular complexity index is 1060. The molecule has 188 valence electrons. The molecule has 35 heavy (non-hydrogen) atoms. The topological polar surface area (TPSA) is 118 Å². The van der Waals surface area contributed by atoms with E-state index in [0.717, 1.165) is 0 Å². The number of carbonyl (C=O) groups is 3. The number of aldehydes is 2. The molecule has 2 fully saturated rings. The molecule has 0 radical (unpaired) electrons. The maximum Gasteiger partial charge on any atom is 0.308 e. The van der Waals surface area contributed by atoms with Crippen molar-refractivity contribution in [3.8, 4) is 34.5 Å². The van der Waals surface area contributed by atoms with E-state index in [9.17, 15) is 19.5 Å². The smallest absolute Gasteiger partial charge is 0.308 e. The number of benzene rings is 2. The van der Waals surface area contributed by atoms with Gasteiger partial charge in [-0.05, 0) is 61.8 Å². The molecular weight excluding hydrogens is 456 g/mol. The van der Waals surface area contributed by atoms with Crippen LogP contribution in [0.15, 0.2) is 24.3 Å². The van der Waals surface area contributed by atoms with Crippen LogP contribution in [0.4, 0.5) is 0 Å². The standard InChI is InChI=1S/C14H16O5.C12H14O4/c1-9(16)19-13-11(7-15)5-6-12(14(13)17-2)18-8-10-3-4-10;1-15-12-10(16-7-8-2-3-8)5-4-9(6-13)11(12)14/h5-7,10H,3-4,8H2,1-2H3;4-6,8,14H,2-3,7H2,1H3.